The SMILES string of the molecule is CCCOc1nc(N(C)Cc2ccccc2)c2nc(OCCC)nc(N(C)Cc3ccccc3)c2n1. The van der Waals surface area contributed by atoms with Gasteiger partial charge in [-0.2, -0.15) is 19.9 Å². The molecule has 0 spiro atoms. The summed E-state index contributed by atoms with van der Waals surface area (Å²) in [7, 11) is 4.00. The van der Waals surface area contributed by atoms with Crippen molar-refractivity contribution in [1.82, 2.24) is 19.9 Å². The first-order valence-corrected chi connectivity index (χ1v) is 12.4. The van der Waals surface area contributed by atoms with Gasteiger partial charge < -0.3 is 19.3 Å². The van der Waals surface area contributed by atoms with E-state index in [4.69, 9.17) is 29.4 Å². The minimum Gasteiger partial charge on any atom is -0.463 e. The van der Waals surface area contributed by atoms with E-state index in [1.54, 1.807) is 0 Å². The van der Waals surface area contributed by atoms with Crippen molar-refractivity contribution in [2.24, 2.45) is 0 Å². The molecule has 0 saturated heterocycles. The molecule has 2 heterocycles. The van der Waals surface area contributed by atoms with Crippen molar-refractivity contribution >= 4 is 22.7 Å². The van der Waals surface area contributed by atoms with Gasteiger partial charge in [-0.15, -0.1) is 0 Å². The van der Waals surface area contributed by atoms with Crippen LogP contribution in [0.25, 0.3) is 11.0 Å². The zero-order valence-corrected chi connectivity index (χ0v) is 21.5. The standard InChI is InChI=1S/C28H34N6O2/c1-5-17-35-27-29-23-24(25(31-27)33(3)19-21-13-9-7-10-14-21)30-28(36-18-6-2)32-26(23)34(4)20-22-15-11-8-12-16-22/h7-16H,5-6,17-20H2,1-4H3. The summed E-state index contributed by atoms with van der Waals surface area (Å²) < 4.78 is 11.8. The highest BCUT2D eigenvalue weighted by atomic mass is 16.5. The summed E-state index contributed by atoms with van der Waals surface area (Å²) in [6.07, 6.45) is 1.72. The first-order chi connectivity index (χ1) is 17.6. The predicted molar refractivity (Wildman–Crippen MR) is 144 cm³/mol. The molecule has 0 amide bonds. The highest BCUT2D eigenvalue weighted by Crippen LogP contribution is 2.32. The molecule has 8 nitrogen and oxygen atoms in total. The van der Waals surface area contributed by atoms with Crippen LogP contribution in [0.4, 0.5) is 11.6 Å². The Morgan fingerprint density at radius 2 is 0.972 bits per heavy atom. The van der Waals surface area contributed by atoms with Crippen molar-refractivity contribution in [2.75, 3.05) is 37.1 Å². The van der Waals surface area contributed by atoms with Crippen molar-refractivity contribution in [3.63, 3.8) is 0 Å². The molecule has 2 aromatic carbocycles. The van der Waals surface area contributed by atoms with Gasteiger partial charge in [-0.3, -0.25) is 0 Å². The molecule has 188 valence electrons. The lowest BCUT2D eigenvalue weighted by molar-refractivity contribution is 0.291. The first-order valence-electron chi connectivity index (χ1n) is 12.4. The lowest BCUT2D eigenvalue weighted by Crippen LogP contribution is -2.22. The van der Waals surface area contributed by atoms with Crippen LogP contribution < -0.4 is 19.3 Å². The summed E-state index contributed by atoms with van der Waals surface area (Å²) >= 11 is 0. The van der Waals surface area contributed by atoms with Gasteiger partial charge in [0.25, 0.3) is 0 Å². The van der Waals surface area contributed by atoms with E-state index in [0.717, 1.165) is 12.8 Å². The summed E-state index contributed by atoms with van der Waals surface area (Å²) in [6.45, 7) is 6.49. The number of benzene rings is 2. The van der Waals surface area contributed by atoms with E-state index in [-0.39, 0.29) is 0 Å². The van der Waals surface area contributed by atoms with E-state index in [0.29, 0.717) is 61.0 Å². The number of hydrogen-bond donors (Lipinski definition) is 0. The van der Waals surface area contributed by atoms with Crippen molar-refractivity contribution in [3.05, 3.63) is 71.8 Å². The predicted octanol–water partition coefficient (Wildman–Crippen LogP) is 5.27. The lowest BCUT2D eigenvalue weighted by Gasteiger charge is -2.23. The van der Waals surface area contributed by atoms with Crippen molar-refractivity contribution in [3.8, 4) is 12.0 Å². The zero-order chi connectivity index (χ0) is 25.3. The van der Waals surface area contributed by atoms with Gasteiger partial charge in [0.05, 0.1) is 13.2 Å². The molecule has 8 heteroatoms. The maximum absolute atomic E-state index is 5.90. The molecule has 0 unspecified atom stereocenters. The van der Waals surface area contributed by atoms with Crippen LogP contribution in [-0.4, -0.2) is 47.2 Å². The number of aromatic nitrogens is 4. The lowest BCUT2D eigenvalue weighted by atomic mass is 10.2. The van der Waals surface area contributed by atoms with Crippen LogP contribution in [0.3, 0.4) is 0 Å². The van der Waals surface area contributed by atoms with Gasteiger partial charge in [-0.25, -0.2) is 0 Å². The summed E-state index contributed by atoms with van der Waals surface area (Å²) in [5, 5.41) is 0. The average molecular weight is 487 g/mol. The molecule has 0 saturated carbocycles. The Balaban J connectivity index is 1.83. The second kappa shape index (κ2) is 12.2. The van der Waals surface area contributed by atoms with Crippen LogP contribution in [-0.2, 0) is 13.1 Å². The Hall–Kier alpha value is -3.94. The smallest absolute Gasteiger partial charge is 0.319 e. The van der Waals surface area contributed by atoms with E-state index in [2.05, 4.69) is 47.9 Å². The van der Waals surface area contributed by atoms with Crippen LogP contribution in [0.15, 0.2) is 60.7 Å². The van der Waals surface area contributed by atoms with Crippen LogP contribution in [0.2, 0.25) is 0 Å². The molecule has 0 N–H and O–H groups in total. The van der Waals surface area contributed by atoms with E-state index in [1.807, 2.05) is 50.5 Å². The van der Waals surface area contributed by atoms with Crippen LogP contribution >= 0.6 is 0 Å². The summed E-state index contributed by atoms with van der Waals surface area (Å²) in [6, 6.07) is 21.2. The molecule has 0 aliphatic carbocycles. The molecule has 4 aromatic rings. The van der Waals surface area contributed by atoms with E-state index in [9.17, 15) is 0 Å². The van der Waals surface area contributed by atoms with Crippen LogP contribution in [0.5, 0.6) is 12.0 Å². The fourth-order valence-electron chi connectivity index (χ4n) is 3.86. The largest absolute Gasteiger partial charge is 0.463 e. The molecule has 0 aliphatic heterocycles. The minimum absolute atomic E-state index is 0.319. The zero-order valence-electron chi connectivity index (χ0n) is 21.5. The molecule has 0 atom stereocenters. The molecular formula is C28H34N6O2. The second-order valence-corrected chi connectivity index (χ2v) is 8.74. The molecule has 2 aromatic heterocycles. The van der Waals surface area contributed by atoms with Gasteiger partial charge >= 0.3 is 12.0 Å². The molecule has 0 aliphatic rings. The number of nitrogens with zero attached hydrogens (tertiary/aromatic N) is 6. The monoisotopic (exact) mass is 486 g/mol. The van der Waals surface area contributed by atoms with Crippen molar-refractivity contribution in [1.29, 1.82) is 0 Å². The van der Waals surface area contributed by atoms with Crippen molar-refractivity contribution in [2.45, 2.75) is 39.8 Å². The van der Waals surface area contributed by atoms with E-state index >= 15 is 0 Å². The topological polar surface area (TPSA) is 76.5 Å². The van der Waals surface area contributed by atoms with E-state index < -0.39 is 0 Å². The highest BCUT2D eigenvalue weighted by molar-refractivity contribution is 5.93. The van der Waals surface area contributed by atoms with Crippen LogP contribution in [0.1, 0.15) is 37.8 Å². The summed E-state index contributed by atoms with van der Waals surface area (Å²) in [5.74, 6) is 1.35. The van der Waals surface area contributed by atoms with Gasteiger partial charge in [0.2, 0.25) is 0 Å². The maximum atomic E-state index is 5.90. The normalized spacial score (nSPS) is 10.9. The molecule has 0 bridgehead atoms. The Bertz CT molecular complexity index is 1150. The molecule has 0 radical (unpaired) electrons. The third kappa shape index (κ3) is 6.19. The van der Waals surface area contributed by atoms with Gasteiger partial charge in [0.15, 0.2) is 11.6 Å². The number of hydrogen-bond acceptors (Lipinski definition) is 8. The fraction of sp³-hybridized carbons (Fsp3) is 0.357. The summed E-state index contributed by atoms with van der Waals surface area (Å²) in [5.41, 5.74) is 3.60. The Morgan fingerprint density at radius 3 is 1.33 bits per heavy atom. The molecule has 4 rings (SSSR count). The number of rotatable bonds is 12. The minimum atomic E-state index is 0.319. The van der Waals surface area contributed by atoms with Gasteiger partial charge in [0.1, 0.15) is 11.0 Å². The quantitative estimate of drug-likeness (QED) is 0.268. The van der Waals surface area contributed by atoms with E-state index in [1.165, 1.54) is 11.1 Å². The summed E-state index contributed by atoms with van der Waals surface area (Å²) in [4.78, 5) is 23.2. The maximum Gasteiger partial charge on any atom is 0.319 e. The average Bonchev–Trinajstić information content (AvgIpc) is 2.91. The van der Waals surface area contributed by atoms with Gasteiger partial charge in [-0.05, 0) is 24.0 Å². The van der Waals surface area contributed by atoms with Crippen LogP contribution in [0, 0.1) is 0 Å². The Morgan fingerprint density at radius 1 is 0.583 bits per heavy atom. The number of fused-ring (bicyclic) bond motifs is 1. The number of ether oxygens (including phenoxy) is 2. The van der Waals surface area contributed by atoms with Gasteiger partial charge in [-0.1, -0.05) is 74.5 Å². The first kappa shape index (κ1) is 25.2. The van der Waals surface area contributed by atoms with Crippen molar-refractivity contribution < 1.29 is 9.47 Å². The molecule has 36 heavy (non-hydrogen) atoms. The van der Waals surface area contributed by atoms with Gasteiger partial charge in [0, 0.05) is 27.2 Å². The molecule has 0 fully saturated rings. The molecular weight excluding hydrogens is 452 g/mol. The third-order valence-electron chi connectivity index (χ3n) is 5.58. The Labute approximate surface area is 213 Å². The second-order valence-electron chi connectivity index (χ2n) is 8.74. The number of anilines is 2. The Kier molecular flexibility index (Phi) is 8.49. The third-order valence-corrected chi connectivity index (χ3v) is 5.58. The highest BCUT2D eigenvalue weighted by Gasteiger charge is 2.22. The fourth-order valence-corrected chi connectivity index (χ4v) is 3.86.